The highest BCUT2D eigenvalue weighted by Gasteiger charge is 2.34. The second-order valence-corrected chi connectivity index (χ2v) is 6.29. The molecule has 1 aliphatic rings. The second kappa shape index (κ2) is 5.13. The minimum Gasteiger partial charge on any atom is -0.492 e. The van der Waals surface area contributed by atoms with Gasteiger partial charge in [-0.3, -0.25) is 0 Å². The van der Waals surface area contributed by atoms with Crippen molar-refractivity contribution in [3.05, 3.63) is 24.3 Å². The molecule has 0 aliphatic carbocycles. The van der Waals surface area contributed by atoms with Gasteiger partial charge in [0, 0.05) is 18.8 Å². The molecule has 7 heteroatoms. The Labute approximate surface area is 106 Å². The standard InChI is InChI=1S/C11H16N2O4S/c12-9-1-3-11(4-2-9)17-5-6-18(15,16)13-7-10(14)8-13/h1-4,10,14H,5-8,12H2. The number of aliphatic hydroxyl groups excluding tert-OH is 1. The molecule has 6 nitrogen and oxygen atoms in total. The SMILES string of the molecule is Nc1ccc(OCCS(=O)(=O)N2CC(O)C2)cc1. The van der Waals surface area contributed by atoms with Crippen molar-refractivity contribution in [2.75, 3.05) is 31.2 Å². The number of anilines is 1. The Balaban J connectivity index is 1.80. The van der Waals surface area contributed by atoms with Crippen molar-refractivity contribution in [3.63, 3.8) is 0 Å². The Morgan fingerprint density at radius 2 is 1.94 bits per heavy atom. The summed E-state index contributed by atoms with van der Waals surface area (Å²) in [6, 6.07) is 6.76. The van der Waals surface area contributed by atoms with Gasteiger partial charge in [0.15, 0.2) is 0 Å². The fraction of sp³-hybridized carbons (Fsp3) is 0.455. The normalized spacial score (nSPS) is 17.4. The van der Waals surface area contributed by atoms with Crippen LogP contribution in [0.5, 0.6) is 5.75 Å². The molecule has 1 aromatic rings. The molecule has 0 amide bonds. The van der Waals surface area contributed by atoms with Crippen LogP contribution in [0.3, 0.4) is 0 Å². The van der Waals surface area contributed by atoms with Gasteiger partial charge in [-0.1, -0.05) is 0 Å². The number of sulfonamides is 1. The first-order valence-electron chi connectivity index (χ1n) is 5.61. The first-order chi connectivity index (χ1) is 8.47. The van der Waals surface area contributed by atoms with Crippen LogP contribution in [-0.2, 0) is 10.0 Å². The molecule has 0 radical (unpaired) electrons. The number of nitrogens with zero attached hydrogens (tertiary/aromatic N) is 1. The maximum Gasteiger partial charge on any atom is 0.217 e. The maximum absolute atomic E-state index is 11.7. The lowest BCUT2D eigenvalue weighted by Gasteiger charge is -2.34. The van der Waals surface area contributed by atoms with Gasteiger partial charge < -0.3 is 15.6 Å². The number of aliphatic hydroxyl groups is 1. The van der Waals surface area contributed by atoms with Crippen LogP contribution in [0.2, 0.25) is 0 Å². The number of nitrogens with two attached hydrogens (primary N) is 1. The summed E-state index contributed by atoms with van der Waals surface area (Å²) in [6.07, 6.45) is -0.530. The van der Waals surface area contributed by atoms with Gasteiger partial charge in [-0.15, -0.1) is 0 Å². The molecule has 0 unspecified atom stereocenters. The molecule has 100 valence electrons. The summed E-state index contributed by atoms with van der Waals surface area (Å²) >= 11 is 0. The number of hydrogen-bond acceptors (Lipinski definition) is 5. The quantitative estimate of drug-likeness (QED) is 0.715. The van der Waals surface area contributed by atoms with E-state index in [9.17, 15) is 8.42 Å². The van der Waals surface area contributed by atoms with Crippen LogP contribution in [0.1, 0.15) is 0 Å². The first kappa shape index (κ1) is 13.1. The van der Waals surface area contributed by atoms with E-state index in [1.807, 2.05) is 0 Å². The lowest BCUT2D eigenvalue weighted by molar-refractivity contribution is 0.0546. The lowest BCUT2D eigenvalue weighted by atomic mass is 10.2. The summed E-state index contributed by atoms with van der Waals surface area (Å²) in [7, 11) is -3.31. The zero-order chi connectivity index (χ0) is 13.2. The molecule has 1 aliphatic heterocycles. The third kappa shape index (κ3) is 3.12. The van der Waals surface area contributed by atoms with Gasteiger partial charge in [0.25, 0.3) is 0 Å². The van der Waals surface area contributed by atoms with Gasteiger partial charge in [0.2, 0.25) is 10.0 Å². The van der Waals surface area contributed by atoms with E-state index in [1.54, 1.807) is 24.3 Å². The molecule has 1 heterocycles. The van der Waals surface area contributed by atoms with E-state index < -0.39 is 16.1 Å². The highest BCUT2D eigenvalue weighted by Crippen LogP contribution is 2.15. The predicted octanol–water partition coefficient (Wildman–Crippen LogP) is -0.346. The van der Waals surface area contributed by atoms with Gasteiger partial charge in [0.1, 0.15) is 12.4 Å². The van der Waals surface area contributed by atoms with Crippen LogP contribution in [-0.4, -0.2) is 49.4 Å². The maximum atomic E-state index is 11.7. The van der Waals surface area contributed by atoms with Gasteiger partial charge in [-0.05, 0) is 24.3 Å². The smallest absolute Gasteiger partial charge is 0.217 e. The number of nitrogen functional groups attached to an aromatic ring is 1. The van der Waals surface area contributed by atoms with Crippen LogP contribution in [0.15, 0.2) is 24.3 Å². The van der Waals surface area contributed by atoms with Crippen molar-refractivity contribution in [2.45, 2.75) is 6.10 Å². The van der Waals surface area contributed by atoms with E-state index in [0.717, 1.165) is 0 Å². The number of rotatable bonds is 5. The van der Waals surface area contributed by atoms with Crippen LogP contribution in [0.25, 0.3) is 0 Å². The number of benzene rings is 1. The minimum atomic E-state index is -3.31. The monoisotopic (exact) mass is 272 g/mol. The van der Waals surface area contributed by atoms with E-state index >= 15 is 0 Å². The molecule has 0 aromatic heterocycles. The van der Waals surface area contributed by atoms with E-state index in [4.69, 9.17) is 15.6 Å². The third-order valence-electron chi connectivity index (χ3n) is 2.71. The molecule has 0 saturated carbocycles. The fourth-order valence-electron chi connectivity index (χ4n) is 1.60. The molecule has 1 aromatic carbocycles. The average molecular weight is 272 g/mol. The highest BCUT2D eigenvalue weighted by atomic mass is 32.2. The summed E-state index contributed by atoms with van der Waals surface area (Å²) in [6.45, 7) is 0.452. The molecule has 0 spiro atoms. The van der Waals surface area contributed by atoms with Crippen LogP contribution in [0.4, 0.5) is 5.69 Å². The van der Waals surface area contributed by atoms with E-state index in [2.05, 4.69) is 0 Å². The summed E-state index contributed by atoms with van der Waals surface area (Å²) in [5, 5.41) is 9.06. The molecular weight excluding hydrogens is 256 g/mol. The van der Waals surface area contributed by atoms with E-state index in [0.29, 0.717) is 11.4 Å². The molecule has 1 fully saturated rings. The molecule has 0 bridgehead atoms. The van der Waals surface area contributed by atoms with Crippen molar-refractivity contribution in [1.29, 1.82) is 0 Å². The van der Waals surface area contributed by atoms with Gasteiger partial charge >= 0.3 is 0 Å². The fourth-order valence-corrected chi connectivity index (χ4v) is 2.95. The molecule has 2 rings (SSSR count). The summed E-state index contributed by atoms with van der Waals surface area (Å²) < 4.78 is 30.0. The highest BCUT2D eigenvalue weighted by molar-refractivity contribution is 7.89. The predicted molar refractivity (Wildman–Crippen MR) is 67.7 cm³/mol. The molecular formula is C11H16N2O4S. The average Bonchev–Trinajstić information content (AvgIpc) is 2.27. The Morgan fingerprint density at radius 3 is 2.50 bits per heavy atom. The van der Waals surface area contributed by atoms with Crippen molar-refractivity contribution in [1.82, 2.24) is 4.31 Å². The van der Waals surface area contributed by atoms with Gasteiger partial charge in [-0.2, -0.15) is 4.31 Å². The van der Waals surface area contributed by atoms with Crippen molar-refractivity contribution in [3.8, 4) is 5.75 Å². The summed E-state index contributed by atoms with van der Waals surface area (Å²) in [5.74, 6) is 0.493. The third-order valence-corrected chi connectivity index (χ3v) is 4.48. The van der Waals surface area contributed by atoms with Crippen molar-refractivity contribution < 1.29 is 18.3 Å². The number of ether oxygens (including phenoxy) is 1. The zero-order valence-electron chi connectivity index (χ0n) is 9.82. The minimum absolute atomic E-state index is 0.0822. The Hall–Kier alpha value is -1.31. The van der Waals surface area contributed by atoms with Gasteiger partial charge in [-0.25, -0.2) is 8.42 Å². The van der Waals surface area contributed by atoms with Crippen LogP contribution >= 0.6 is 0 Å². The number of β-amino-alcohol motifs (C(OH)–C–C–N with tert-alkyl or cyclic N) is 1. The van der Waals surface area contributed by atoms with Crippen molar-refractivity contribution >= 4 is 15.7 Å². The first-order valence-corrected chi connectivity index (χ1v) is 7.22. The molecule has 1 saturated heterocycles. The summed E-state index contributed by atoms with van der Waals surface area (Å²) in [4.78, 5) is 0. The molecule has 0 atom stereocenters. The van der Waals surface area contributed by atoms with E-state index in [1.165, 1.54) is 4.31 Å². The summed E-state index contributed by atoms with van der Waals surface area (Å²) in [5.41, 5.74) is 6.15. The zero-order valence-corrected chi connectivity index (χ0v) is 10.6. The van der Waals surface area contributed by atoms with Crippen LogP contribution in [0, 0.1) is 0 Å². The van der Waals surface area contributed by atoms with E-state index in [-0.39, 0.29) is 25.4 Å². The van der Waals surface area contributed by atoms with Crippen LogP contribution < -0.4 is 10.5 Å². The largest absolute Gasteiger partial charge is 0.492 e. The molecule has 3 N–H and O–H groups in total. The Bertz CT molecular complexity index is 494. The second-order valence-electron chi connectivity index (χ2n) is 4.20. The van der Waals surface area contributed by atoms with Gasteiger partial charge in [0.05, 0.1) is 11.9 Å². The number of hydrogen-bond donors (Lipinski definition) is 2. The Morgan fingerprint density at radius 1 is 1.33 bits per heavy atom. The lowest BCUT2D eigenvalue weighted by Crippen LogP contribution is -2.54. The topological polar surface area (TPSA) is 92.9 Å². The molecule has 18 heavy (non-hydrogen) atoms. The Kier molecular flexibility index (Phi) is 3.74. The van der Waals surface area contributed by atoms with Crippen molar-refractivity contribution in [2.24, 2.45) is 0 Å².